The van der Waals surface area contributed by atoms with Gasteiger partial charge in [0, 0.05) is 28.9 Å². The minimum absolute atomic E-state index is 0.00913. The van der Waals surface area contributed by atoms with E-state index in [1.807, 2.05) is 41.5 Å². The summed E-state index contributed by atoms with van der Waals surface area (Å²) in [6.07, 6.45) is 0. The van der Waals surface area contributed by atoms with Crippen LogP contribution in [0.5, 0.6) is 0 Å². The Balaban J connectivity index is 2.36. The molecule has 0 saturated heterocycles. The second-order valence-electron chi connectivity index (χ2n) is 7.99. The maximum atomic E-state index is 10.9. The van der Waals surface area contributed by atoms with Crippen LogP contribution in [0.15, 0.2) is 24.3 Å². The first-order valence-electron chi connectivity index (χ1n) is 8.25. The van der Waals surface area contributed by atoms with E-state index in [1.165, 1.54) is 12.1 Å². The standard InChI is InChI=1S/C17H25N7O2/c1-16(2,3)22-14-19-13(20-15(21-14)23-17(4,5)6)18-11-8-7-9-12(10-11)24(25)26/h7-10H,1-6H3,(H3,18,19,20,21,22,23). The van der Waals surface area contributed by atoms with Crippen molar-refractivity contribution in [1.82, 2.24) is 15.0 Å². The molecule has 1 aromatic carbocycles. The summed E-state index contributed by atoms with van der Waals surface area (Å²) in [6.45, 7) is 12.0. The number of nitro benzene ring substituents is 1. The maximum Gasteiger partial charge on any atom is 0.271 e. The fourth-order valence-corrected chi connectivity index (χ4v) is 2.04. The number of hydrogen-bond donors (Lipinski definition) is 3. The predicted molar refractivity (Wildman–Crippen MR) is 103 cm³/mol. The van der Waals surface area contributed by atoms with Crippen LogP contribution in [0.25, 0.3) is 0 Å². The van der Waals surface area contributed by atoms with Gasteiger partial charge >= 0.3 is 0 Å². The third-order valence-electron chi connectivity index (χ3n) is 2.92. The van der Waals surface area contributed by atoms with Crippen molar-refractivity contribution in [3.8, 4) is 0 Å². The van der Waals surface area contributed by atoms with Crippen LogP contribution in [0.2, 0.25) is 0 Å². The molecular formula is C17H25N7O2. The Morgan fingerprint density at radius 2 is 1.38 bits per heavy atom. The Labute approximate surface area is 152 Å². The Hall–Kier alpha value is -2.97. The lowest BCUT2D eigenvalue weighted by Gasteiger charge is -2.23. The van der Waals surface area contributed by atoms with Gasteiger partial charge in [0.25, 0.3) is 5.69 Å². The first-order valence-corrected chi connectivity index (χ1v) is 8.25. The molecule has 1 heterocycles. The molecule has 0 atom stereocenters. The average molecular weight is 359 g/mol. The molecule has 3 N–H and O–H groups in total. The highest BCUT2D eigenvalue weighted by atomic mass is 16.6. The van der Waals surface area contributed by atoms with Crippen molar-refractivity contribution in [3.05, 3.63) is 34.4 Å². The molecular weight excluding hydrogens is 334 g/mol. The molecule has 0 aliphatic carbocycles. The summed E-state index contributed by atoms with van der Waals surface area (Å²) in [5.41, 5.74) is 0.0470. The van der Waals surface area contributed by atoms with E-state index in [-0.39, 0.29) is 16.8 Å². The SMILES string of the molecule is CC(C)(C)Nc1nc(Nc2cccc([N+](=O)[O-])c2)nc(NC(C)(C)C)n1. The summed E-state index contributed by atoms with van der Waals surface area (Å²) in [4.78, 5) is 23.6. The molecule has 0 radical (unpaired) electrons. The van der Waals surface area contributed by atoms with Crippen LogP contribution in [0.1, 0.15) is 41.5 Å². The summed E-state index contributed by atoms with van der Waals surface area (Å²) < 4.78 is 0. The highest BCUT2D eigenvalue weighted by Crippen LogP contribution is 2.22. The molecule has 9 nitrogen and oxygen atoms in total. The Morgan fingerprint density at radius 1 is 0.885 bits per heavy atom. The second kappa shape index (κ2) is 7.11. The van der Waals surface area contributed by atoms with Gasteiger partial charge in [0.1, 0.15) is 0 Å². The molecule has 2 rings (SSSR count). The lowest BCUT2D eigenvalue weighted by molar-refractivity contribution is -0.384. The molecule has 0 saturated carbocycles. The van der Waals surface area contributed by atoms with Gasteiger partial charge in [-0.25, -0.2) is 0 Å². The van der Waals surface area contributed by atoms with E-state index >= 15 is 0 Å². The Morgan fingerprint density at radius 3 is 1.85 bits per heavy atom. The van der Waals surface area contributed by atoms with Gasteiger partial charge in [-0.3, -0.25) is 10.1 Å². The van der Waals surface area contributed by atoms with E-state index in [0.29, 0.717) is 23.5 Å². The van der Waals surface area contributed by atoms with Crippen LogP contribution < -0.4 is 16.0 Å². The first kappa shape index (κ1) is 19.4. The fourth-order valence-electron chi connectivity index (χ4n) is 2.04. The molecule has 0 spiro atoms. The molecule has 26 heavy (non-hydrogen) atoms. The number of non-ortho nitro benzene ring substituents is 1. The van der Waals surface area contributed by atoms with Gasteiger partial charge < -0.3 is 16.0 Å². The van der Waals surface area contributed by atoms with Crippen LogP contribution in [0.3, 0.4) is 0 Å². The van der Waals surface area contributed by atoms with Crippen molar-refractivity contribution in [2.75, 3.05) is 16.0 Å². The number of rotatable bonds is 5. The van der Waals surface area contributed by atoms with Gasteiger partial charge in [0.15, 0.2) is 0 Å². The highest BCUT2D eigenvalue weighted by Gasteiger charge is 2.17. The van der Waals surface area contributed by atoms with Crippen LogP contribution >= 0.6 is 0 Å². The minimum atomic E-state index is -0.447. The molecule has 0 fully saturated rings. The summed E-state index contributed by atoms with van der Waals surface area (Å²) in [5.74, 6) is 1.11. The zero-order valence-corrected chi connectivity index (χ0v) is 15.9. The van der Waals surface area contributed by atoms with Crippen molar-refractivity contribution < 1.29 is 4.92 Å². The van der Waals surface area contributed by atoms with Crippen molar-refractivity contribution in [1.29, 1.82) is 0 Å². The summed E-state index contributed by atoms with van der Waals surface area (Å²) in [5, 5.41) is 20.4. The third kappa shape index (κ3) is 6.15. The monoisotopic (exact) mass is 359 g/mol. The van der Waals surface area contributed by atoms with Gasteiger partial charge in [-0.15, -0.1) is 0 Å². The van der Waals surface area contributed by atoms with Crippen LogP contribution in [-0.4, -0.2) is 31.0 Å². The Bertz CT molecular complexity index is 760. The van der Waals surface area contributed by atoms with Crippen molar-refractivity contribution in [2.24, 2.45) is 0 Å². The van der Waals surface area contributed by atoms with Crippen LogP contribution in [-0.2, 0) is 0 Å². The van der Waals surface area contributed by atoms with Gasteiger partial charge in [0.2, 0.25) is 17.8 Å². The largest absolute Gasteiger partial charge is 0.349 e. The topological polar surface area (TPSA) is 118 Å². The van der Waals surface area contributed by atoms with Gasteiger partial charge in [0.05, 0.1) is 4.92 Å². The zero-order chi connectivity index (χ0) is 19.5. The molecule has 140 valence electrons. The van der Waals surface area contributed by atoms with E-state index in [9.17, 15) is 10.1 Å². The van der Waals surface area contributed by atoms with E-state index < -0.39 is 4.92 Å². The number of anilines is 4. The van der Waals surface area contributed by atoms with Gasteiger partial charge in [-0.05, 0) is 47.6 Å². The van der Waals surface area contributed by atoms with Gasteiger partial charge in [-0.2, -0.15) is 15.0 Å². The lowest BCUT2D eigenvalue weighted by Crippen LogP contribution is -2.30. The number of hydrogen-bond acceptors (Lipinski definition) is 8. The number of aromatic nitrogens is 3. The zero-order valence-electron chi connectivity index (χ0n) is 15.9. The number of nitrogens with one attached hydrogen (secondary N) is 3. The van der Waals surface area contributed by atoms with Gasteiger partial charge in [-0.1, -0.05) is 6.07 Å². The summed E-state index contributed by atoms with van der Waals surface area (Å²) in [7, 11) is 0. The second-order valence-corrected chi connectivity index (χ2v) is 7.99. The summed E-state index contributed by atoms with van der Waals surface area (Å²) >= 11 is 0. The molecule has 9 heteroatoms. The lowest BCUT2D eigenvalue weighted by atomic mass is 10.1. The molecule has 0 aliphatic rings. The molecule has 0 amide bonds. The van der Waals surface area contributed by atoms with E-state index in [1.54, 1.807) is 12.1 Å². The fraction of sp³-hybridized carbons (Fsp3) is 0.471. The van der Waals surface area contributed by atoms with Crippen molar-refractivity contribution in [2.45, 2.75) is 52.6 Å². The van der Waals surface area contributed by atoms with E-state index in [4.69, 9.17) is 0 Å². The predicted octanol–water partition coefficient (Wildman–Crippen LogP) is 3.94. The third-order valence-corrected chi connectivity index (χ3v) is 2.92. The quantitative estimate of drug-likeness (QED) is 0.542. The molecule has 0 bridgehead atoms. The molecule has 1 aromatic heterocycles. The van der Waals surface area contributed by atoms with Crippen molar-refractivity contribution in [3.63, 3.8) is 0 Å². The molecule has 0 unspecified atom stereocenters. The van der Waals surface area contributed by atoms with Crippen LogP contribution in [0, 0.1) is 10.1 Å². The van der Waals surface area contributed by atoms with Crippen molar-refractivity contribution >= 4 is 29.2 Å². The first-order chi connectivity index (χ1) is 11.9. The van der Waals surface area contributed by atoms with E-state index in [2.05, 4.69) is 30.9 Å². The normalized spacial score (nSPS) is 11.8. The minimum Gasteiger partial charge on any atom is -0.349 e. The number of benzene rings is 1. The van der Waals surface area contributed by atoms with Crippen LogP contribution in [0.4, 0.5) is 29.2 Å². The maximum absolute atomic E-state index is 10.9. The Kier molecular flexibility index (Phi) is 5.29. The summed E-state index contributed by atoms with van der Waals surface area (Å²) in [6, 6.07) is 6.17. The molecule has 2 aromatic rings. The average Bonchev–Trinajstić information content (AvgIpc) is 2.43. The molecule has 0 aliphatic heterocycles. The number of nitro groups is 1. The number of nitrogens with zero attached hydrogens (tertiary/aromatic N) is 4. The smallest absolute Gasteiger partial charge is 0.271 e. The van der Waals surface area contributed by atoms with E-state index in [0.717, 1.165) is 0 Å². The highest BCUT2D eigenvalue weighted by molar-refractivity contribution is 5.59.